The molecule has 0 saturated carbocycles. The summed E-state index contributed by atoms with van der Waals surface area (Å²) in [7, 11) is 0. The Kier molecular flexibility index (Phi) is 6.73. The Bertz CT molecular complexity index is 145. The standard InChI is InChI=1S/C11H20O/c1-4-5-6-11(9-12)8-7-10(2)3/h6,9-10H,4-5,7-8H2,1-3H3/b11-6-. The highest BCUT2D eigenvalue weighted by molar-refractivity contribution is 5.72. The van der Waals surface area contributed by atoms with Gasteiger partial charge >= 0.3 is 0 Å². The van der Waals surface area contributed by atoms with E-state index in [2.05, 4.69) is 26.8 Å². The van der Waals surface area contributed by atoms with Crippen LogP contribution in [-0.2, 0) is 4.79 Å². The molecule has 0 aromatic rings. The number of unbranched alkanes of at least 4 members (excludes halogenated alkanes) is 1. The predicted octanol–water partition coefficient (Wildman–Crippen LogP) is 3.35. The molecule has 70 valence electrons. The summed E-state index contributed by atoms with van der Waals surface area (Å²) in [5.41, 5.74) is 0.977. The number of allylic oxidation sites excluding steroid dienone is 2. The lowest BCUT2D eigenvalue weighted by atomic mass is 10.0. The fourth-order valence-corrected chi connectivity index (χ4v) is 0.994. The van der Waals surface area contributed by atoms with Crippen LogP contribution in [0.15, 0.2) is 11.6 Å². The average Bonchev–Trinajstić information content (AvgIpc) is 2.05. The Labute approximate surface area is 75.9 Å². The van der Waals surface area contributed by atoms with E-state index in [9.17, 15) is 4.79 Å². The molecule has 0 atom stereocenters. The van der Waals surface area contributed by atoms with Crippen LogP contribution in [0.1, 0.15) is 46.5 Å². The van der Waals surface area contributed by atoms with E-state index in [4.69, 9.17) is 0 Å². The third kappa shape index (κ3) is 6.14. The quantitative estimate of drug-likeness (QED) is 0.439. The van der Waals surface area contributed by atoms with Crippen LogP contribution in [0.5, 0.6) is 0 Å². The smallest absolute Gasteiger partial charge is 0.145 e. The maximum atomic E-state index is 10.6. The summed E-state index contributed by atoms with van der Waals surface area (Å²) < 4.78 is 0. The number of aldehydes is 1. The summed E-state index contributed by atoms with van der Waals surface area (Å²) in [5, 5.41) is 0. The lowest BCUT2D eigenvalue weighted by Crippen LogP contribution is -1.91. The molecule has 0 aliphatic rings. The summed E-state index contributed by atoms with van der Waals surface area (Å²) in [5.74, 6) is 0.690. The molecule has 1 nitrogen and oxygen atoms in total. The van der Waals surface area contributed by atoms with E-state index < -0.39 is 0 Å². The molecule has 0 saturated heterocycles. The van der Waals surface area contributed by atoms with Gasteiger partial charge in [-0.1, -0.05) is 33.3 Å². The third-order valence-corrected chi connectivity index (χ3v) is 1.86. The summed E-state index contributed by atoms with van der Waals surface area (Å²) in [6.45, 7) is 6.49. The van der Waals surface area contributed by atoms with Gasteiger partial charge in [-0.3, -0.25) is 4.79 Å². The number of hydrogen-bond acceptors (Lipinski definition) is 1. The Morgan fingerprint density at radius 2 is 2.08 bits per heavy atom. The zero-order valence-corrected chi connectivity index (χ0v) is 8.47. The zero-order valence-electron chi connectivity index (χ0n) is 8.47. The van der Waals surface area contributed by atoms with Crippen molar-refractivity contribution in [2.24, 2.45) is 5.92 Å². The Morgan fingerprint density at radius 1 is 1.42 bits per heavy atom. The summed E-state index contributed by atoms with van der Waals surface area (Å²) in [6, 6.07) is 0. The van der Waals surface area contributed by atoms with Crippen LogP contribution in [-0.4, -0.2) is 6.29 Å². The van der Waals surface area contributed by atoms with Crippen molar-refractivity contribution in [3.05, 3.63) is 11.6 Å². The van der Waals surface area contributed by atoms with Gasteiger partial charge in [0.15, 0.2) is 0 Å². The van der Waals surface area contributed by atoms with E-state index in [0.717, 1.165) is 37.5 Å². The molecule has 12 heavy (non-hydrogen) atoms. The van der Waals surface area contributed by atoms with Crippen LogP contribution >= 0.6 is 0 Å². The lowest BCUT2D eigenvalue weighted by molar-refractivity contribution is -0.105. The predicted molar refractivity (Wildman–Crippen MR) is 53.1 cm³/mol. The van der Waals surface area contributed by atoms with Gasteiger partial charge in [0.1, 0.15) is 6.29 Å². The molecule has 0 amide bonds. The van der Waals surface area contributed by atoms with Crippen molar-refractivity contribution in [1.82, 2.24) is 0 Å². The highest BCUT2D eigenvalue weighted by atomic mass is 16.1. The molecule has 0 radical (unpaired) electrons. The first-order valence-electron chi connectivity index (χ1n) is 4.84. The van der Waals surface area contributed by atoms with Crippen molar-refractivity contribution in [3.63, 3.8) is 0 Å². The SMILES string of the molecule is CCC/C=C(\C=O)CCC(C)C. The van der Waals surface area contributed by atoms with Crippen molar-refractivity contribution >= 4 is 6.29 Å². The molecule has 1 heteroatoms. The molecule has 0 aliphatic carbocycles. The molecule has 0 aliphatic heterocycles. The first-order chi connectivity index (χ1) is 5.70. The van der Waals surface area contributed by atoms with Crippen molar-refractivity contribution in [2.45, 2.75) is 46.5 Å². The number of carbonyl (C=O) groups excluding carboxylic acids is 1. The van der Waals surface area contributed by atoms with Gasteiger partial charge in [0, 0.05) is 0 Å². The van der Waals surface area contributed by atoms with Gasteiger partial charge < -0.3 is 0 Å². The monoisotopic (exact) mass is 168 g/mol. The Balaban J connectivity index is 3.74. The zero-order chi connectivity index (χ0) is 9.40. The molecular formula is C11H20O. The van der Waals surface area contributed by atoms with Crippen molar-refractivity contribution in [2.75, 3.05) is 0 Å². The van der Waals surface area contributed by atoms with Crippen molar-refractivity contribution in [1.29, 1.82) is 0 Å². The average molecular weight is 168 g/mol. The third-order valence-electron chi connectivity index (χ3n) is 1.86. The molecule has 0 aromatic heterocycles. The van der Waals surface area contributed by atoms with Crippen LogP contribution in [0.25, 0.3) is 0 Å². The van der Waals surface area contributed by atoms with Gasteiger partial charge in [0.25, 0.3) is 0 Å². The second kappa shape index (κ2) is 7.08. The van der Waals surface area contributed by atoms with Crippen LogP contribution in [0, 0.1) is 5.92 Å². The molecular weight excluding hydrogens is 148 g/mol. The first kappa shape index (κ1) is 11.4. The normalized spacial score (nSPS) is 12.2. The molecule has 0 aromatic carbocycles. The van der Waals surface area contributed by atoms with Gasteiger partial charge in [-0.15, -0.1) is 0 Å². The second-order valence-corrected chi connectivity index (χ2v) is 3.62. The topological polar surface area (TPSA) is 17.1 Å². The number of carbonyl (C=O) groups is 1. The van der Waals surface area contributed by atoms with Crippen molar-refractivity contribution < 1.29 is 4.79 Å². The van der Waals surface area contributed by atoms with Crippen LogP contribution < -0.4 is 0 Å². The molecule has 0 rings (SSSR count). The largest absolute Gasteiger partial charge is 0.298 e. The lowest BCUT2D eigenvalue weighted by Gasteiger charge is -2.03. The van der Waals surface area contributed by atoms with E-state index in [-0.39, 0.29) is 0 Å². The van der Waals surface area contributed by atoms with Crippen LogP contribution in [0.2, 0.25) is 0 Å². The molecule has 0 unspecified atom stereocenters. The fraction of sp³-hybridized carbons (Fsp3) is 0.727. The van der Waals surface area contributed by atoms with Gasteiger partial charge in [0.05, 0.1) is 0 Å². The molecule has 0 N–H and O–H groups in total. The Morgan fingerprint density at radius 3 is 2.50 bits per heavy atom. The van der Waals surface area contributed by atoms with Gasteiger partial charge in [-0.05, 0) is 30.8 Å². The van der Waals surface area contributed by atoms with E-state index in [1.54, 1.807) is 0 Å². The molecule has 0 heterocycles. The maximum absolute atomic E-state index is 10.6. The van der Waals surface area contributed by atoms with E-state index in [1.165, 1.54) is 0 Å². The first-order valence-corrected chi connectivity index (χ1v) is 4.84. The van der Waals surface area contributed by atoms with E-state index in [1.807, 2.05) is 0 Å². The summed E-state index contributed by atoms with van der Waals surface area (Å²) in [6.07, 6.45) is 7.29. The van der Waals surface area contributed by atoms with Crippen LogP contribution in [0.4, 0.5) is 0 Å². The minimum Gasteiger partial charge on any atom is -0.298 e. The van der Waals surface area contributed by atoms with Gasteiger partial charge in [0.2, 0.25) is 0 Å². The van der Waals surface area contributed by atoms with Crippen molar-refractivity contribution in [3.8, 4) is 0 Å². The number of hydrogen-bond donors (Lipinski definition) is 0. The van der Waals surface area contributed by atoms with E-state index >= 15 is 0 Å². The molecule has 0 fully saturated rings. The molecule has 0 spiro atoms. The fourth-order valence-electron chi connectivity index (χ4n) is 0.994. The Hall–Kier alpha value is -0.590. The highest BCUT2D eigenvalue weighted by Crippen LogP contribution is 2.10. The minimum absolute atomic E-state index is 0.690. The minimum atomic E-state index is 0.690. The second-order valence-electron chi connectivity index (χ2n) is 3.62. The van der Waals surface area contributed by atoms with Gasteiger partial charge in [-0.25, -0.2) is 0 Å². The van der Waals surface area contributed by atoms with E-state index in [0.29, 0.717) is 5.92 Å². The van der Waals surface area contributed by atoms with Gasteiger partial charge in [-0.2, -0.15) is 0 Å². The number of rotatable bonds is 6. The highest BCUT2D eigenvalue weighted by Gasteiger charge is 1.97. The summed E-state index contributed by atoms with van der Waals surface area (Å²) in [4.78, 5) is 10.6. The molecule has 0 bridgehead atoms. The van der Waals surface area contributed by atoms with Crippen LogP contribution in [0.3, 0.4) is 0 Å². The summed E-state index contributed by atoms with van der Waals surface area (Å²) >= 11 is 0. The maximum Gasteiger partial charge on any atom is 0.145 e.